The molecule has 0 amide bonds. The van der Waals surface area contributed by atoms with Crippen molar-refractivity contribution in [1.82, 2.24) is 4.90 Å². The minimum Gasteiger partial charge on any atom is -0.299 e. The van der Waals surface area contributed by atoms with Crippen LogP contribution in [0.3, 0.4) is 0 Å². The predicted octanol–water partition coefficient (Wildman–Crippen LogP) is 2.49. The minimum absolute atomic E-state index is 0.262. The molecule has 1 saturated heterocycles. The molecule has 2 heteroatoms. The van der Waals surface area contributed by atoms with Crippen LogP contribution in [-0.4, -0.2) is 23.8 Å². The normalized spacial score (nSPS) is 22.3. The van der Waals surface area contributed by atoms with Crippen LogP contribution < -0.4 is 0 Å². The first-order chi connectivity index (χ1) is 7.79. The van der Waals surface area contributed by atoms with Crippen LogP contribution >= 0.6 is 0 Å². The number of carbonyl (C=O) groups excluding carboxylic acids is 1. The number of hydrogen-bond donors (Lipinski definition) is 0. The van der Waals surface area contributed by atoms with Crippen molar-refractivity contribution < 1.29 is 4.79 Å². The summed E-state index contributed by atoms with van der Waals surface area (Å²) in [6.07, 6.45) is 1.70. The van der Waals surface area contributed by atoms with Gasteiger partial charge in [0.25, 0.3) is 0 Å². The first-order valence-corrected chi connectivity index (χ1v) is 6.08. The fourth-order valence-corrected chi connectivity index (χ4v) is 2.32. The highest BCUT2D eigenvalue weighted by atomic mass is 16.1. The standard InChI is InChI=1S/C14H19NO/c1-2-13-11-15(9-8-14(13)16)10-12-6-4-3-5-7-12/h3-7,13H,2,8-11H2,1H3. The lowest BCUT2D eigenvalue weighted by Crippen LogP contribution is -2.40. The Kier molecular flexibility index (Phi) is 3.73. The van der Waals surface area contributed by atoms with Crippen molar-refractivity contribution in [3.63, 3.8) is 0 Å². The van der Waals surface area contributed by atoms with Crippen molar-refractivity contribution >= 4 is 5.78 Å². The van der Waals surface area contributed by atoms with E-state index in [1.807, 2.05) is 6.07 Å². The first-order valence-electron chi connectivity index (χ1n) is 6.08. The maximum Gasteiger partial charge on any atom is 0.138 e. The zero-order valence-corrected chi connectivity index (χ0v) is 9.86. The number of carbonyl (C=O) groups is 1. The van der Waals surface area contributed by atoms with Crippen LogP contribution in [0, 0.1) is 5.92 Å². The van der Waals surface area contributed by atoms with E-state index in [0.717, 1.165) is 32.5 Å². The molecule has 1 heterocycles. The fraction of sp³-hybridized carbons (Fsp3) is 0.500. The highest BCUT2D eigenvalue weighted by Gasteiger charge is 2.25. The summed E-state index contributed by atoms with van der Waals surface area (Å²) in [5.41, 5.74) is 1.34. The number of piperidine rings is 1. The van der Waals surface area contributed by atoms with Crippen LogP contribution in [-0.2, 0) is 11.3 Å². The molecule has 0 spiro atoms. The van der Waals surface area contributed by atoms with Crippen LogP contribution in [0.15, 0.2) is 30.3 Å². The maximum atomic E-state index is 11.6. The number of ketones is 1. The number of Topliss-reactive ketones (excluding diaryl/α,β-unsaturated/α-hetero) is 1. The van der Waals surface area contributed by atoms with Gasteiger partial charge in [0.15, 0.2) is 0 Å². The molecular weight excluding hydrogens is 198 g/mol. The first kappa shape index (κ1) is 11.3. The molecule has 16 heavy (non-hydrogen) atoms. The predicted molar refractivity (Wildman–Crippen MR) is 65.1 cm³/mol. The van der Waals surface area contributed by atoms with Gasteiger partial charge in [-0.15, -0.1) is 0 Å². The Labute approximate surface area is 97.3 Å². The second-order valence-corrected chi connectivity index (χ2v) is 4.54. The SMILES string of the molecule is CCC1CN(Cc2ccccc2)CCC1=O. The summed E-state index contributed by atoms with van der Waals surface area (Å²) in [4.78, 5) is 14.0. The molecule has 0 saturated carbocycles. The molecule has 2 nitrogen and oxygen atoms in total. The van der Waals surface area contributed by atoms with E-state index < -0.39 is 0 Å². The average Bonchev–Trinajstić information content (AvgIpc) is 2.33. The van der Waals surface area contributed by atoms with Gasteiger partial charge in [-0.2, -0.15) is 0 Å². The van der Waals surface area contributed by atoms with Crippen LogP contribution in [0.1, 0.15) is 25.3 Å². The number of rotatable bonds is 3. The van der Waals surface area contributed by atoms with E-state index in [9.17, 15) is 4.79 Å². The summed E-state index contributed by atoms with van der Waals surface area (Å²) < 4.78 is 0. The Balaban J connectivity index is 1.94. The van der Waals surface area contributed by atoms with Crippen molar-refractivity contribution in [2.24, 2.45) is 5.92 Å². The van der Waals surface area contributed by atoms with Gasteiger partial charge >= 0.3 is 0 Å². The lowest BCUT2D eigenvalue weighted by Gasteiger charge is -2.31. The highest BCUT2D eigenvalue weighted by molar-refractivity contribution is 5.82. The van der Waals surface area contributed by atoms with Gasteiger partial charge in [0.2, 0.25) is 0 Å². The molecule has 1 aliphatic rings. The Morgan fingerprint density at radius 3 is 2.75 bits per heavy atom. The molecule has 1 atom stereocenters. The lowest BCUT2D eigenvalue weighted by atomic mass is 9.94. The molecule has 0 radical (unpaired) electrons. The number of hydrogen-bond acceptors (Lipinski definition) is 2. The van der Waals surface area contributed by atoms with E-state index >= 15 is 0 Å². The van der Waals surface area contributed by atoms with Crippen molar-refractivity contribution in [3.8, 4) is 0 Å². The van der Waals surface area contributed by atoms with E-state index in [0.29, 0.717) is 5.78 Å². The molecule has 2 rings (SSSR count). The van der Waals surface area contributed by atoms with E-state index in [1.165, 1.54) is 5.56 Å². The van der Waals surface area contributed by atoms with Gasteiger partial charge in [0, 0.05) is 32.0 Å². The lowest BCUT2D eigenvalue weighted by molar-refractivity contribution is -0.126. The highest BCUT2D eigenvalue weighted by Crippen LogP contribution is 2.17. The zero-order valence-electron chi connectivity index (χ0n) is 9.86. The molecule has 0 bridgehead atoms. The van der Waals surface area contributed by atoms with E-state index in [-0.39, 0.29) is 5.92 Å². The van der Waals surface area contributed by atoms with E-state index in [2.05, 4.69) is 36.1 Å². The third-order valence-electron chi connectivity index (χ3n) is 3.35. The van der Waals surface area contributed by atoms with Crippen molar-refractivity contribution in [3.05, 3.63) is 35.9 Å². The second kappa shape index (κ2) is 5.26. The van der Waals surface area contributed by atoms with E-state index in [1.54, 1.807) is 0 Å². The molecule has 1 unspecified atom stereocenters. The van der Waals surface area contributed by atoms with Crippen molar-refractivity contribution in [1.29, 1.82) is 0 Å². The van der Waals surface area contributed by atoms with Crippen molar-refractivity contribution in [2.45, 2.75) is 26.3 Å². The van der Waals surface area contributed by atoms with Crippen LogP contribution in [0.4, 0.5) is 0 Å². The van der Waals surface area contributed by atoms with Crippen LogP contribution in [0.2, 0.25) is 0 Å². The molecular formula is C14H19NO. The number of benzene rings is 1. The molecule has 0 aromatic heterocycles. The maximum absolute atomic E-state index is 11.6. The summed E-state index contributed by atoms with van der Waals surface area (Å²) in [6, 6.07) is 10.5. The zero-order chi connectivity index (χ0) is 11.4. The number of nitrogens with zero attached hydrogens (tertiary/aromatic N) is 1. The third-order valence-corrected chi connectivity index (χ3v) is 3.35. The molecule has 0 N–H and O–H groups in total. The Bertz CT molecular complexity index is 347. The summed E-state index contributed by atoms with van der Waals surface area (Å²) in [5, 5.41) is 0. The van der Waals surface area contributed by atoms with Gasteiger partial charge in [0.05, 0.1) is 0 Å². The number of likely N-dealkylation sites (tertiary alicyclic amines) is 1. The average molecular weight is 217 g/mol. The Hall–Kier alpha value is -1.15. The summed E-state index contributed by atoms with van der Waals surface area (Å²) in [7, 11) is 0. The van der Waals surface area contributed by atoms with Gasteiger partial charge in [-0.3, -0.25) is 9.69 Å². The molecule has 0 aliphatic carbocycles. The fourth-order valence-electron chi connectivity index (χ4n) is 2.32. The molecule has 1 aliphatic heterocycles. The smallest absolute Gasteiger partial charge is 0.138 e. The largest absolute Gasteiger partial charge is 0.299 e. The monoisotopic (exact) mass is 217 g/mol. The molecule has 86 valence electrons. The van der Waals surface area contributed by atoms with E-state index in [4.69, 9.17) is 0 Å². The summed E-state index contributed by atoms with van der Waals surface area (Å²) in [5.74, 6) is 0.712. The summed E-state index contributed by atoms with van der Waals surface area (Å²) >= 11 is 0. The minimum atomic E-state index is 0.262. The van der Waals surface area contributed by atoms with Crippen LogP contribution in [0.5, 0.6) is 0 Å². The third kappa shape index (κ3) is 2.70. The van der Waals surface area contributed by atoms with Crippen molar-refractivity contribution in [2.75, 3.05) is 13.1 Å². The van der Waals surface area contributed by atoms with Gasteiger partial charge in [-0.25, -0.2) is 0 Å². The molecule has 1 aromatic rings. The second-order valence-electron chi connectivity index (χ2n) is 4.54. The summed E-state index contributed by atoms with van der Waals surface area (Å²) in [6.45, 7) is 4.94. The molecule has 1 fully saturated rings. The van der Waals surface area contributed by atoms with Gasteiger partial charge < -0.3 is 0 Å². The topological polar surface area (TPSA) is 20.3 Å². The van der Waals surface area contributed by atoms with Gasteiger partial charge in [-0.05, 0) is 12.0 Å². The van der Waals surface area contributed by atoms with Gasteiger partial charge in [-0.1, -0.05) is 37.3 Å². The van der Waals surface area contributed by atoms with Crippen LogP contribution in [0.25, 0.3) is 0 Å². The van der Waals surface area contributed by atoms with Gasteiger partial charge in [0.1, 0.15) is 5.78 Å². The Morgan fingerprint density at radius 2 is 2.06 bits per heavy atom. The quantitative estimate of drug-likeness (QED) is 0.775. The molecule has 1 aromatic carbocycles. The Morgan fingerprint density at radius 1 is 1.31 bits per heavy atom.